The lowest BCUT2D eigenvalue weighted by Crippen LogP contribution is -2.41. The van der Waals surface area contributed by atoms with Gasteiger partial charge in [0.2, 0.25) is 0 Å². The summed E-state index contributed by atoms with van der Waals surface area (Å²) in [5, 5.41) is 9.36. The number of carboxylic acid groups (broad SMARTS) is 1. The Morgan fingerprint density at radius 3 is 2.33 bits per heavy atom. The highest BCUT2D eigenvalue weighted by Crippen LogP contribution is 2.56. The number of ether oxygens (including phenoxy) is 1. The van der Waals surface area contributed by atoms with Crippen molar-refractivity contribution in [3.63, 3.8) is 0 Å². The number of nitrogens with two attached hydrogens (primary N) is 1. The highest BCUT2D eigenvalue weighted by Gasteiger charge is 2.51. The van der Waals surface area contributed by atoms with Crippen molar-refractivity contribution < 1.29 is 19.4 Å². The van der Waals surface area contributed by atoms with E-state index in [1.54, 1.807) is 12.1 Å². The minimum Gasteiger partial charge on any atom is -0.478 e. The third-order valence-corrected chi connectivity index (χ3v) is 7.70. The third-order valence-electron chi connectivity index (χ3n) is 7.70. The zero-order valence-electron chi connectivity index (χ0n) is 20.6. The van der Waals surface area contributed by atoms with Crippen LogP contribution < -0.4 is 5.73 Å². The normalized spacial score (nSPS) is 21.0. The molecule has 3 aromatic carbocycles. The van der Waals surface area contributed by atoms with E-state index < -0.39 is 29.5 Å². The summed E-state index contributed by atoms with van der Waals surface area (Å²) in [6.07, 6.45) is 3.86. The van der Waals surface area contributed by atoms with Gasteiger partial charge in [0.25, 0.3) is 0 Å². The van der Waals surface area contributed by atoms with Crippen LogP contribution in [-0.2, 0) is 28.8 Å². The van der Waals surface area contributed by atoms with Crippen molar-refractivity contribution in [2.45, 2.75) is 45.3 Å². The Morgan fingerprint density at radius 2 is 1.67 bits per heavy atom. The molecule has 36 heavy (non-hydrogen) atoms. The van der Waals surface area contributed by atoms with Crippen LogP contribution in [0.2, 0.25) is 0 Å². The lowest BCUT2D eigenvalue weighted by atomic mass is 9.70. The van der Waals surface area contributed by atoms with Gasteiger partial charge < -0.3 is 15.6 Å². The van der Waals surface area contributed by atoms with Gasteiger partial charge in [-0.05, 0) is 65.1 Å². The van der Waals surface area contributed by atoms with Crippen molar-refractivity contribution >= 4 is 18.0 Å². The fourth-order valence-corrected chi connectivity index (χ4v) is 5.60. The van der Waals surface area contributed by atoms with Gasteiger partial charge in [0.05, 0.1) is 5.56 Å². The number of rotatable bonds is 7. The molecule has 0 heterocycles. The highest BCUT2D eigenvalue weighted by molar-refractivity contribution is 5.87. The molecule has 0 aromatic heterocycles. The summed E-state index contributed by atoms with van der Waals surface area (Å²) < 4.78 is 6.32. The number of carbonyl (C=O) groups is 2. The van der Waals surface area contributed by atoms with E-state index >= 15 is 0 Å². The van der Waals surface area contributed by atoms with Gasteiger partial charge in [-0.15, -0.1) is 0 Å². The molecule has 2 aliphatic carbocycles. The molecule has 0 saturated heterocycles. The zero-order valence-corrected chi connectivity index (χ0v) is 20.6. The molecule has 0 radical (unpaired) electrons. The molecule has 3 atom stereocenters. The van der Waals surface area contributed by atoms with E-state index in [1.807, 2.05) is 50.2 Å². The van der Waals surface area contributed by atoms with Gasteiger partial charge in [0, 0.05) is 5.41 Å². The summed E-state index contributed by atoms with van der Waals surface area (Å²) in [5.74, 6) is -1.39. The SMILES string of the molecule is CC(C)[C@H](N)C(=O)O[C@@H]1c2ccccc2C[C@@]1(Cc1ccc(C(=O)O)cc1)C1=Cc2ccccc2C1. The molecular weight excluding hydrogens is 450 g/mol. The maximum atomic E-state index is 13.2. The maximum absolute atomic E-state index is 13.2. The lowest BCUT2D eigenvalue weighted by Gasteiger charge is -2.38. The van der Waals surface area contributed by atoms with E-state index in [4.69, 9.17) is 10.5 Å². The van der Waals surface area contributed by atoms with Gasteiger partial charge in [0.1, 0.15) is 12.1 Å². The first-order valence-corrected chi connectivity index (χ1v) is 12.4. The smallest absolute Gasteiger partial charge is 0.335 e. The van der Waals surface area contributed by atoms with Crippen LogP contribution in [0.1, 0.15) is 58.1 Å². The van der Waals surface area contributed by atoms with Gasteiger partial charge in [0.15, 0.2) is 0 Å². The lowest BCUT2D eigenvalue weighted by molar-refractivity contribution is -0.157. The predicted octanol–water partition coefficient (Wildman–Crippen LogP) is 5.38. The molecule has 2 aliphatic rings. The van der Waals surface area contributed by atoms with Crippen LogP contribution in [0.15, 0.2) is 78.4 Å². The summed E-state index contributed by atoms with van der Waals surface area (Å²) in [6, 6.07) is 22.8. The topological polar surface area (TPSA) is 89.6 Å². The van der Waals surface area contributed by atoms with Gasteiger partial charge in [-0.25, -0.2) is 4.79 Å². The second-order valence-corrected chi connectivity index (χ2v) is 10.3. The number of fused-ring (bicyclic) bond motifs is 2. The number of hydrogen-bond donors (Lipinski definition) is 2. The van der Waals surface area contributed by atoms with Gasteiger partial charge in [-0.2, -0.15) is 0 Å². The molecule has 5 heteroatoms. The van der Waals surface area contributed by atoms with Crippen LogP contribution in [0.25, 0.3) is 6.08 Å². The summed E-state index contributed by atoms with van der Waals surface area (Å²) in [5.41, 5.74) is 12.8. The van der Waals surface area contributed by atoms with E-state index in [0.717, 1.165) is 29.5 Å². The van der Waals surface area contributed by atoms with E-state index in [-0.39, 0.29) is 11.5 Å². The van der Waals surface area contributed by atoms with Crippen LogP contribution in [0.3, 0.4) is 0 Å². The summed E-state index contributed by atoms with van der Waals surface area (Å²) >= 11 is 0. The molecule has 0 spiro atoms. The molecule has 0 aliphatic heterocycles. The van der Waals surface area contributed by atoms with Crippen molar-refractivity contribution in [1.82, 2.24) is 0 Å². The number of hydrogen-bond acceptors (Lipinski definition) is 4. The summed E-state index contributed by atoms with van der Waals surface area (Å²) in [6.45, 7) is 3.84. The number of carbonyl (C=O) groups excluding carboxylic acids is 1. The van der Waals surface area contributed by atoms with Crippen molar-refractivity contribution in [1.29, 1.82) is 0 Å². The fraction of sp³-hybridized carbons (Fsp3) is 0.290. The Morgan fingerprint density at radius 1 is 1.00 bits per heavy atom. The second kappa shape index (κ2) is 9.40. The monoisotopic (exact) mass is 481 g/mol. The fourth-order valence-electron chi connectivity index (χ4n) is 5.60. The molecular formula is C31H31NO4. The Labute approximate surface area is 211 Å². The van der Waals surface area contributed by atoms with Crippen LogP contribution in [-0.4, -0.2) is 23.1 Å². The average molecular weight is 482 g/mol. The third kappa shape index (κ3) is 4.24. The van der Waals surface area contributed by atoms with Crippen molar-refractivity contribution in [2.75, 3.05) is 0 Å². The molecule has 0 saturated carbocycles. The van der Waals surface area contributed by atoms with Crippen LogP contribution in [0.4, 0.5) is 0 Å². The zero-order chi connectivity index (χ0) is 25.4. The largest absolute Gasteiger partial charge is 0.478 e. The molecule has 5 nitrogen and oxygen atoms in total. The minimum absolute atomic E-state index is 0.0398. The molecule has 3 N–H and O–H groups in total. The Balaban J connectivity index is 1.61. The quantitative estimate of drug-likeness (QED) is 0.443. The van der Waals surface area contributed by atoms with Crippen molar-refractivity contribution in [3.05, 3.63) is 112 Å². The van der Waals surface area contributed by atoms with Gasteiger partial charge in [-0.3, -0.25) is 4.79 Å². The number of carboxylic acids is 1. The molecule has 5 rings (SSSR count). The summed E-state index contributed by atoms with van der Waals surface area (Å²) in [7, 11) is 0. The van der Waals surface area contributed by atoms with E-state index in [0.29, 0.717) is 6.42 Å². The van der Waals surface area contributed by atoms with Crippen LogP contribution >= 0.6 is 0 Å². The maximum Gasteiger partial charge on any atom is 0.335 e. The molecule has 0 bridgehead atoms. The van der Waals surface area contributed by atoms with E-state index in [2.05, 4.69) is 30.3 Å². The predicted molar refractivity (Wildman–Crippen MR) is 139 cm³/mol. The van der Waals surface area contributed by atoms with Crippen LogP contribution in [0.5, 0.6) is 0 Å². The molecule has 0 fully saturated rings. The first kappa shape index (κ1) is 24.0. The first-order chi connectivity index (χ1) is 17.3. The Bertz CT molecular complexity index is 1340. The number of aromatic carboxylic acids is 1. The Kier molecular flexibility index (Phi) is 6.27. The van der Waals surface area contributed by atoms with E-state index in [9.17, 15) is 14.7 Å². The minimum atomic E-state index is -0.951. The molecule has 0 amide bonds. The van der Waals surface area contributed by atoms with Crippen molar-refractivity contribution in [2.24, 2.45) is 17.1 Å². The molecule has 3 aromatic rings. The number of esters is 1. The van der Waals surface area contributed by atoms with Gasteiger partial charge >= 0.3 is 11.9 Å². The standard InChI is InChI=1S/C31H31NO4/c1-19(2)27(32)30(35)36-28-26-10-6-5-9-24(26)18-31(28,17-20-11-13-21(14-12-20)29(33)34)25-15-22-7-3-4-8-23(22)16-25/h3-15,19,27-28H,16-18,32H2,1-2H3,(H,33,34)/t27-,28+,31-/m0/s1. The van der Waals surface area contributed by atoms with Crippen molar-refractivity contribution in [3.8, 4) is 0 Å². The second-order valence-electron chi connectivity index (χ2n) is 10.3. The van der Waals surface area contributed by atoms with E-state index in [1.165, 1.54) is 16.7 Å². The van der Waals surface area contributed by atoms with Crippen LogP contribution in [0, 0.1) is 11.3 Å². The average Bonchev–Trinajstić information content (AvgIpc) is 3.44. The highest BCUT2D eigenvalue weighted by atomic mass is 16.5. The first-order valence-electron chi connectivity index (χ1n) is 12.4. The molecule has 184 valence electrons. The Hall–Kier alpha value is -3.70. The molecule has 0 unspecified atom stereocenters. The number of benzene rings is 3. The van der Waals surface area contributed by atoms with Gasteiger partial charge in [-0.1, -0.05) is 86.2 Å². The summed E-state index contributed by atoms with van der Waals surface area (Å²) in [4.78, 5) is 24.6.